The summed E-state index contributed by atoms with van der Waals surface area (Å²) < 4.78 is 27.1. The summed E-state index contributed by atoms with van der Waals surface area (Å²) in [5.74, 6) is -1.54. The second kappa shape index (κ2) is 7.61. The van der Waals surface area contributed by atoms with Crippen LogP contribution in [0.15, 0.2) is 41.4 Å². The van der Waals surface area contributed by atoms with Gasteiger partial charge in [0.05, 0.1) is 16.9 Å². The van der Waals surface area contributed by atoms with Crippen molar-refractivity contribution in [1.29, 1.82) is 0 Å². The number of hydrogen-bond donors (Lipinski definition) is 3. The van der Waals surface area contributed by atoms with Crippen molar-refractivity contribution in [1.82, 2.24) is 5.32 Å². The molecule has 3 rings (SSSR count). The minimum Gasteiger partial charge on any atom is -0.397 e. The van der Waals surface area contributed by atoms with Gasteiger partial charge in [0.15, 0.2) is 0 Å². The summed E-state index contributed by atoms with van der Waals surface area (Å²) in [6, 6.07) is 10.0. The van der Waals surface area contributed by atoms with E-state index >= 15 is 0 Å². The van der Waals surface area contributed by atoms with Gasteiger partial charge in [-0.1, -0.05) is 12.1 Å². The Morgan fingerprint density at radius 1 is 1.19 bits per heavy atom. The van der Waals surface area contributed by atoms with Crippen LogP contribution in [0.5, 0.6) is 0 Å². The number of aliphatic imine (C=N–C) groups is 1. The molecule has 2 atom stereocenters. The topological polar surface area (TPSA) is 93.5 Å². The van der Waals surface area contributed by atoms with E-state index < -0.39 is 17.9 Å². The maximum Gasteiger partial charge on any atom is 0.253 e. The number of nitrogens with two attached hydrogens (primary N) is 2. The summed E-state index contributed by atoms with van der Waals surface area (Å²) in [5.41, 5.74) is 12.7. The molecule has 1 aliphatic heterocycles. The standard InChI is InChI=1S/C19H20F2N4O/c20-14-7-13(8-24-10-14)11-1-4-15(5-2-11)25-9-12-3-6-16(21)17(18(12)22)19(23)26/h1-6,9,13-14,24H,7-8,10,22H2,(H2,23,26)/t13-,14-/m0/s1. The number of hydrogen-bond acceptors (Lipinski definition) is 4. The molecule has 0 saturated carbocycles. The quantitative estimate of drug-likeness (QED) is 0.579. The van der Waals surface area contributed by atoms with Crippen LogP contribution in [0, 0.1) is 5.82 Å². The lowest BCUT2D eigenvalue weighted by Gasteiger charge is -2.25. The molecule has 2 aromatic carbocycles. The maximum absolute atomic E-state index is 13.6. The number of halogens is 2. The van der Waals surface area contributed by atoms with Crippen LogP contribution in [0.25, 0.3) is 0 Å². The van der Waals surface area contributed by atoms with E-state index in [1.54, 1.807) is 0 Å². The zero-order chi connectivity index (χ0) is 18.7. The molecule has 26 heavy (non-hydrogen) atoms. The van der Waals surface area contributed by atoms with Gasteiger partial charge in [0.2, 0.25) is 0 Å². The van der Waals surface area contributed by atoms with Crippen LogP contribution in [0.4, 0.5) is 20.2 Å². The molecule has 1 aliphatic rings. The molecular weight excluding hydrogens is 338 g/mol. The predicted molar refractivity (Wildman–Crippen MR) is 98.2 cm³/mol. The molecule has 0 spiro atoms. The fraction of sp³-hybridized carbons (Fsp3) is 0.263. The van der Waals surface area contributed by atoms with E-state index in [1.165, 1.54) is 12.3 Å². The number of alkyl halides is 1. The van der Waals surface area contributed by atoms with E-state index in [2.05, 4.69) is 10.3 Å². The Hall–Kier alpha value is -2.80. The lowest BCUT2D eigenvalue weighted by molar-refractivity contribution is 0.0997. The van der Waals surface area contributed by atoms with Gasteiger partial charge in [-0.3, -0.25) is 9.79 Å². The average Bonchev–Trinajstić information content (AvgIpc) is 2.61. The Bertz CT molecular complexity index is 836. The van der Waals surface area contributed by atoms with E-state index in [1.807, 2.05) is 24.3 Å². The lowest BCUT2D eigenvalue weighted by Crippen LogP contribution is -2.36. The van der Waals surface area contributed by atoms with Gasteiger partial charge >= 0.3 is 0 Å². The molecule has 5 N–H and O–H groups in total. The Morgan fingerprint density at radius 3 is 2.58 bits per heavy atom. The van der Waals surface area contributed by atoms with E-state index in [0.717, 1.165) is 18.2 Å². The Kier molecular flexibility index (Phi) is 5.27. The minimum absolute atomic E-state index is 0.0415. The molecule has 2 aromatic rings. The SMILES string of the molecule is NC(=O)c1c(F)ccc(C=Nc2ccc([C@@H]3CNC[C@@H](F)C3)cc2)c1N. The number of piperidine rings is 1. The number of benzene rings is 2. The second-order valence-corrected chi connectivity index (χ2v) is 6.33. The second-order valence-electron chi connectivity index (χ2n) is 6.33. The van der Waals surface area contributed by atoms with Gasteiger partial charge < -0.3 is 16.8 Å². The molecular formula is C19H20F2N4O. The highest BCUT2D eigenvalue weighted by Gasteiger charge is 2.22. The van der Waals surface area contributed by atoms with Crippen molar-refractivity contribution in [3.8, 4) is 0 Å². The van der Waals surface area contributed by atoms with Crippen LogP contribution in [0.1, 0.15) is 33.8 Å². The number of anilines is 1. The Morgan fingerprint density at radius 2 is 1.92 bits per heavy atom. The van der Waals surface area contributed by atoms with Crippen molar-refractivity contribution in [2.24, 2.45) is 10.7 Å². The van der Waals surface area contributed by atoms with Gasteiger partial charge in [-0.05, 0) is 42.2 Å². The van der Waals surface area contributed by atoms with Gasteiger partial charge in [0.1, 0.15) is 12.0 Å². The van der Waals surface area contributed by atoms with Crippen LogP contribution >= 0.6 is 0 Å². The Balaban J connectivity index is 1.77. The fourth-order valence-electron chi connectivity index (χ4n) is 3.09. The molecule has 5 nitrogen and oxygen atoms in total. The molecule has 1 fully saturated rings. The molecule has 0 unspecified atom stereocenters. The molecule has 0 bridgehead atoms. The molecule has 1 amide bonds. The first-order valence-corrected chi connectivity index (χ1v) is 8.32. The predicted octanol–water partition coefficient (Wildman–Crippen LogP) is 2.67. The average molecular weight is 358 g/mol. The number of nitrogens with zero attached hydrogens (tertiary/aromatic N) is 1. The molecule has 1 heterocycles. The molecule has 0 aliphatic carbocycles. The van der Waals surface area contributed by atoms with Gasteiger partial charge in [0, 0.05) is 24.9 Å². The normalized spacial score (nSPS) is 20.4. The first-order chi connectivity index (χ1) is 12.5. The summed E-state index contributed by atoms with van der Waals surface area (Å²) in [4.78, 5) is 15.6. The third-order valence-electron chi connectivity index (χ3n) is 4.49. The number of carbonyl (C=O) groups excluding carboxylic acids is 1. The van der Waals surface area contributed by atoms with Crippen LogP contribution in [0.2, 0.25) is 0 Å². The number of nitrogens with one attached hydrogen (secondary N) is 1. The van der Waals surface area contributed by atoms with Crippen molar-refractivity contribution in [2.75, 3.05) is 18.8 Å². The summed E-state index contributed by atoms with van der Waals surface area (Å²) in [6.45, 7) is 1.16. The van der Waals surface area contributed by atoms with Gasteiger partial charge in [-0.15, -0.1) is 0 Å². The number of amides is 1. The largest absolute Gasteiger partial charge is 0.397 e. The van der Waals surface area contributed by atoms with Gasteiger partial charge in [-0.2, -0.15) is 0 Å². The van der Waals surface area contributed by atoms with Crippen LogP contribution in [0.3, 0.4) is 0 Å². The third-order valence-corrected chi connectivity index (χ3v) is 4.49. The van der Waals surface area contributed by atoms with Crippen molar-refractivity contribution in [3.63, 3.8) is 0 Å². The highest BCUT2D eigenvalue weighted by Crippen LogP contribution is 2.27. The highest BCUT2D eigenvalue weighted by molar-refractivity contribution is 6.03. The van der Waals surface area contributed by atoms with Crippen molar-refractivity contribution >= 4 is 23.5 Å². The number of nitrogen functional groups attached to an aromatic ring is 1. The molecule has 0 radical (unpaired) electrons. The van der Waals surface area contributed by atoms with Crippen LogP contribution in [-0.4, -0.2) is 31.4 Å². The van der Waals surface area contributed by atoms with E-state index in [4.69, 9.17) is 11.5 Å². The Labute approximate surface area is 150 Å². The smallest absolute Gasteiger partial charge is 0.253 e. The van der Waals surface area contributed by atoms with Crippen molar-refractivity contribution < 1.29 is 13.6 Å². The number of primary amides is 1. The van der Waals surface area contributed by atoms with Crippen LogP contribution < -0.4 is 16.8 Å². The van der Waals surface area contributed by atoms with Gasteiger partial charge in [0.25, 0.3) is 5.91 Å². The highest BCUT2D eigenvalue weighted by atomic mass is 19.1. The summed E-state index contributed by atoms with van der Waals surface area (Å²) in [7, 11) is 0. The summed E-state index contributed by atoms with van der Waals surface area (Å²) >= 11 is 0. The lowest BCUT2D eigenvalue weighted by atomic mass is 9.91. The maximum atomic E-state index is 13.6. The molecule has 1 saturated heterocycles. The van der Waals surface area contributed by atoms with E-state index in [9.17, 15) is 13.6 Å². The monoisotopic (exact) mass is 358 g/mol. The fourth-order valence-corrected chi connectivity index (χ4v) is 3.09. The minimum atomic E-state index is -0.924. The molecule has 0 aromatic heterocycles. The van der Waals surface area contributed by atoms with Crippen LogP contribution in [-0.2, 0) is 0 Å². The van der Waals surface area contributed by atoms with Gasteiger partial charge in [-0.25, -0.2) is 8.78 Å². The summed E-state index contributed by atoms with van der Waals surface area (Å²) in [5, 5.41) is 3.08. The zero-order valence-electron chi connectivity index (χ0n) is 14.1. The molecule has 7 heteroatoms. The first-order valence-electron chi connectivity index (χ1n) is 8.32. The van der Waals surface area contributed by atoms with E-state index in [-0.39, 0.29) is 17.2 Å². The third kappa shape index (κ3) is 3.88. The number of carbonyl (C=O) groups is 1. The molecule has 136 valence electrons. The van der Waals surface area contributed by atoms with Crippen molar-refractivity contribution in [3.05, 3.63) is 58.9 Å². The summed E-state index contributed by atoms with van der Waals surface area (Å²) in [6.07, 6.45) is 1.14. The first kappa shape index (κ1) is 18.0. The van der Waals surface area contributed by atoms with Crippen molar-refractivity contribution in [2.45, 2.75) is 18.5 Å². The zero-order valence-corrected chi connectivity index (χ0v) is 14.1. The van der Waals surface area contributed by atoms with E-state index in [0.29, 0.717) is 24.2 Å². The number of rotatable bonds is 4.